The summed E-state index contributed by atoms with van der Waals surface area (Å²) in [4.78, 5) is 11.8. The number of hydrogen-bond donors (Lipinski definition) is 3. The maximum absolute atomic E-state index is 13.2. The van der Waals surface area contributed by atoms with Crippen LogP contribution >= 0.6 is 12.2 Å². The van der Waals surface area contributed by atoms with Crippen molar-refractivity contribution in [2.24, 2.45) is 0 Å². The number of anilines is 1. The summed E-state index contributed by atoms with van der Waals surface area (Å²) in [6, 6.07) is 9.16. The topological polar surface area (TPSA) is 61.4 Å². The van der Waals surface area contributed by atoms with Crippen molar-refractivity contribution >= 4 is 28.9 Å². The van der Waals surface area contributed by atoms with Gasteiger partial charge in [-0.05, 0) is 42.0 Å². The molecule has 0 aromatic heterocycles. The molecule has 2 aromatic carbocycles. The fourth-order valence-electron chi connectivity index (χ4n) is 1.71. The van der Waals surface area contributed by atoms with E-state index in [1.807, 2.05) is 0 Å². The first-order valence-electron chi connectivity index (χ1n) is 6.28. The quantitative estimate of drug-likeness (QED) is 0.601. The lowest BCUT2D eigenvalue weighted by Crippen LogP contribution is -2.35. The molecule has 22 heavy (non-hydrogen) atoms. The number of nitrogens with one attached hydrogen (secondary N) is 2. The summed E-state index contributed by atoms with van der Waals surface area (Å²) in [5.74, 6) is -2.04. The lowest BCUT2D eigenvalue weighted by atomic mass is 10.1. The third-order valence-electron chi connectivity index (χ3n) is 2.74. The van der Waals surface area contributed by atoms with Gasteiger partial charge in [-0.3, -0.25) is 4.79 Å². The number of carbonyl (C=O) groups is 1. The molecule has 2 rings (SSSR count). The molecule has 0 aliphatic carbocycles. The van der Waals surface area contributed by atoms with Crippen LogP contribution in [0.2, 0.25) is 0 Å². The van der Waals surface area contributed by atoms with Gasteiger partial charge in [-0.25, -0.2) is 8.78 Å². The molecule has 0 saturated heterocycles. The van der Waals surface area contributed by atoms with Crippen LogP contribution < -0.4 is 10.6 Å². The molecule has 0 aliphatic rings. The normalized spacial score (nSPS) is 10.1. The molecule has 0 saturated carbocycles. The van der Waals surface area contributed by atoms with E-state index in [2.05, 4.69) is 10.6 Å². The van der Waals surface area contributed by atoms with Crippen LogP contribution in [0, 0.1) is 11.6 Å². The highest BCUT2D eigenvalue weighted by molar-refractivity contribution is 7.80. The van der Waals surface area contributed by atoms with E-state index in [0.29, 0.717) is 11.3 Å². The molecule has 1 amide bonds. The number of phenols is 1. The minimum absolute atomic E-state index is 0.00259. The molecule has 4 nitrogen and oxygen atoms in total. The molecule has 0 aliphatic heterocycles. The Morgan fingerprint density at radius 2 is 1.82 bits per heavy atom. The van der Waals surface area contributed by atoms with Crippen LogP contribution in [0.4, 0.5) is 14.5 Å². The SMILES string of the molecule is O=C(Cc1ccc(F)cc1)NC(=S)Nc1ccc(O)c(F)c1. The summed E-state index contributed by atoms with van der Waals surface area (Å²) in [6.45, 7) is 0. The second-order valence-corrected chi connectivity index (χ2v) is 4.88. The van der Waals surface area contributed by atoms with Gasteiger partial charge in [0.05, 0.1) is 6.42 Å². The second-order valence-electron chi connectivity index (χ2n) is 4.47. The van der Waals surface area contributed by atoms with Crippen molar-refractivity contribution < 1.29 is 18.7 Å². The smallest absolute Gasteiger partial charge is 0.230 e. The number of aromatic hydroxyl groups is 1. The summed E-state index contributed by atoms with van der Waals surface area (Å²) in [5, 5.41) is 14.1. The van der Waals surface area contributed by atoms with Crippen molar-refractivity contribution in [2.75, 3.05) is 5.32 Å². The van der Waals surface area contributed by atoms with Gasteiger partial charge in [-0.1, -0.05) is 12.1 Å². The third-order valence-corrected chi connectivity index (χ3v) is 2.94. The summed E-state index contributed by atoms with van der Waals surface area (Å²) >= 11 is 4.94. The minimum atomic E-state index is -0.801. The molecular weight excluding hydrogens is 310 g/mol. The van der Waals surface area contributed by atoms with Crippen molar-refractivity contribution in [1.82, 2.24) is 5.32 Å². The predicted molar refractivity (Wildman–Crippen MR) is 82.5 cm³/mol. The van der Waals surface area contributed by atoms with Gasteiger partial charge in [0, 0.05) is 11.8 Å². The number of hydrogen-bond acceptors (Lipinski definition) is 3. The van der Waals surface area contributed by atoms with E-state index in [1.165, 1.54) is 36.4 Å². The first-order chi connectivity index (χ1) is 10.4. The number of carbonyl (C=O) groups excluding carboxylic acids is 1. The van der Waals surface area contributed by atoms with Gasteiger partial charge in [-0.2, -0.15) is 0 Å². The van der Waals surface area contributed by atoms with E-state index in [9.17, 15) is 13.6 Å². The maximum Gasteiger partial charge on any atom is 0.230 e. The van der Waals surface area contributed by atoms with Gasteiger partial charge in [0.2, 0.25) is 5.91 Å². The van der Waals surface area contributed by atoms with Gasteiger partial charge in [0.15, 0.2) is 16.7 Å². The highest BCUT2D eigenvalue weighted by Gasteiger charge is 2.08. The van der Waals surface area contributed by atoms with Gasteiger partial charge in [0.25, 0.3) is 0 Å². The standard InChI is InChI=1S/C15H12F2N2O2S/c16-10-3-1-9(2-4-10)7-14(21)19-15(22)18-11-5-6-13(20)12(17)8-11/h1-6,8,20H,7H2,(H2,18,19,21,22). The Balaban J connectivity index is 1.89. The number of amides is 1. The van der Waals surface area contributed by atoms with Crippen LogP contribution in [0.3, 0.4) is 0 Å². The molecule has 3 N–H and O–H groups in total. The van der Waals surface area contributed by atoms with E-state index in [-0.39, 0.29) is 23.3 Å². The minimum Gasteiger partial charge on any atom is -0.505 e. The van der Waals surface area contributed by atoms with Crippen LogP contribution in [-0.4, -0.2) is 16.1 Å². The zero-order valence-corrected chi connectivity index (χ0v) is 12.1. The van der Waals surface area contributed by atoms with E-state index >= 15 is 0 Å². The third kappa shape index (κ3) is 4.49. The zero-order valence-electron chi connectivity index (χ0n) is 11.3. The summed E-state index contributed by atoms with van der Waals surface area (Å²) in [6.07, 6.45) is 0.0338. The Kier molecular flexibility index (Phi) is 5.00. The van der Waals surface area contributed by atoms with Gasteiger partial charge in [-0.15, -0.1) is 0 Å². The van der Waals surface area contributed by atoms with Crippen molar-refractivity contribution in [3.63, 3.8) is 0 Å². The Labute approximate surface area is 130 Å². The molecule has 0 spiro atoms. The van der Waals surface area contributed by atoms with Crippen molar-refractivity contribution in [1.29, 1.82) is 0 Å². The zero-order chi connectivity index (χ0) is 16.1. The summed E-state index contributed by atoms with van der Waals surface area (Å²) < 4.78 is 25.9. The molecular formula is C15H12F2N2O2S. The molecule has 0 fully saturated rings. The Hall–Kier alpha value is -2.54. The molecule has 0 heterocycles. The van der Waals surface area contributed by atoms with E-state index in [0.717, 1.165) is 6.07 Å². The monoisotopic (exact) mass is 322 g/mol. The first kappa shape index (κ1) is 15.8. The molecule has 114 valence electrons. The molecule has 7 heteroatoms. The van der Waals surface area contributed by atoms with Gasteiger partial charge >= 0.3 is 0 Å². The van der Waals surface area contributed by atoms with E-state index in [4.69, 9.17) is 17.3 Å². The van der Waals surface area contributed by atoms with Crippen LogP contribution in [-0.2, 0) is 11.2 Å². The average molecular weight is 322 g/mol. The first-order valence-corrected chi connectivity index (χ1v) is 6.68. The van der Waals surface area contributed by atoms with Crippen molar-refractivity contribution in [2.45, 2.75) is 6.42 Å². The molecule has 0 unspecified atom stereocenters. The number of thiocarbonyl (C=S) groups is 1. The summed E-state index contributed by atoms with van der Waals surface area (Å²) in [7, 11) is 0. The number of benzene rings is 2. The van der Waals surface area contributed by atoms with E-state index in [1.54, 1.807) is 0 Å². The fourth-order valence-corrected chi connectivity index (χ4v) is 1.94. The summed E-state index contributed by atoms with van der Waals surface area (Å²) in [5.41, 5.74) is 0.930. The Morgan fingerprint density at radius 1 is 1.14 bits per heavy atom. The van der Waals surface area contributed by atoms with E-state index < -0.39 is 11.6 Å². The molecule has 0 radical (unpaired) electrons. The lowest BCUT2D eigenvalue weighted by molar-refractivity contribution is -0.119. The number of rotatable bonds is 3. The number of halogens is 2. The maximum atomic E-state index is 13.2. The molecule has 2 aromatic rings. The number of phenolic OH excluding ortho intramolecular Hbond substituents is 1. The van der Waals surface area contributed by atoms with Crippen LogP contribution in [0.1, 0.15) is 5.56 Å². The predicted octanol–water partition coefficient (Wildman–Crippen LogP) is 2.73. The van der Waals surface area contributed by atoms with Crippen molar-refractivity contribution in [3.8, 4) is 5.75 Å². The van der Waals surface area contributed by atoms with Crippen LogP contribution in [0.5, 0.6) is 5.75 Å². The van der Waals surface area contributed by atoms with Gasteiger partial charge in [0.1, 0.15) is 5.82 Å². The van der Waals surface area contributed by atoms with Crippen LogP contribution in [0.25, 0.3) is 0 Å². The molecule has 0 bridgehead atoms. The largest absolute Gasteiger partial charge is 0.505 e. The fraction of sp³-hybridized carbons (Fsp3) is 0.0667. The second kappa shape index (κ2) is 6.95. The van der Waals surface area contributed by atoms with Crippen LogP contribution in [0.15, 0.2) is 42.5 Å². The Morgan fingerprint density at radius 3 is 2.45 bits per heavy atom. The molecule has 0 atom stereocenters. The Bertz CT molecular complexity index is 705. The highest BCUT2D eigenvalue weighted by atomic mass is 32.1. The highest BCUT2D eigenvalue weighted by Crippen LogP contribution is 2.19. The van der Waals surface area contributed by atoms with Gasteiger partial charge < -0.3 is 15.7 Å². The average Bonchev–Trinajstić information content (AvgIpc) is 2.45. The van der Waals surface area contributed by atoms with Crippen molar-refractivity contribution in [3.05, 3.63) is 59.7 Å². The lowest BCUT2D eigenvalue weighted by Gasteiger charge is -2.10.